The second-order valence-corrected chi connectivity index (χ2v) is 5.86. The number of benzene rings is 1. The molecule has 0 saturated carbocycles. The van der Waals surface area contributed by atoms with Crippen LogP contribution < -0.4 is 5.32 Å². The van der Waals surface area contributed by atoms with Gasteiger partial charge in [-0.05, 0) is 44.2 Å². The molecule has 0 spiro atoms. The van der Waals surface area contributed by atoms with Crippen molar-refractivity contribution in [3.8, 4) is 0 Å². The highest BCUT2D eigenvalue weighted by Crippen LogP contribution is 2.24. The molecular formula is C16H23N3S. The van der Waals surface area contributed by atoms with E-state index in [2.05, 4.69) is 66.2 Å². The maximum atomic E-state index is 4.49. The molecule has 1 heterocycles. The third-order valence-corrected chi connectivity index (χ3v) is 4.18. The predicted octanol–water partition coefficient (Wildman–Crippen LogP) is 3.61. The van der Waals surface area contributed by atoms with Gasteiger partial charge < -0.3 is 5.32 Å². The number of nitrogens with zero attached hydrogens (tertiary/aromatic N) is 2. The summed E-state index contributed by atoms with van der Waals surface area (Å²) in [7, 11) is 0. The van der Waals surface area contributed by atoms with Crippen LogP contribution in [0.1, 0.15) is 30.8 Å². The van der Waals surface area contributed by atoms with Gasteiger partial charge in [0.1, 0.15) is 0 Å². The normalized spacial score (nSPS) is 10.9. The van der Waals surface area contributed by atoms with Gasteiger partial charge in [0, 0.05) is 29.4 Å². The zero-order valence-electron chi connectivity index (χ0n) is 12.5. The second-order valence-electron chi connectivity index (χ2n) is 4.81. The summed E-state index contributed by atoms with van der Waals surface area (Å²) in [4.78, 5) is 1.32. The fourth-order valence-electron chi connectivity index (χ4n) is 2.16. The number of hydrogen-bond acceptors (Lipinski definition) is 3. The molecule has 4 heteroatoms. The largest absolute Gasteiger partial charge is 0.313 e. The number of nitrogens with one attached hydrogen (secondary N) is 1. The average Bonchev–Trinajstić information content (AvgIpc) is 2.83. The lowest BCUT2D eigenvalue weighted by atomic mass is 10.2. The van der Waals surface area contributed by atoms with Crippen molar-refractivity contribution < 1.29 is 0 Å². The fraction of sp³-hybridized carbons (Fsp3) is 0.438. The van der Waals surface area contributed by atoms with Crippen molar-refractivity contribution in [1.82, 2.24) is 15.1 Å². The molecule has 20 heavy (non-hydrogen) atoms. The molecule has 0 aliphatic rings. The van der Waals surface area contributed by atoms with E-state index in [9.17, 15) is 0 Å². The minimum Gasteiger partial charge on any atom is -0.313 e. The Balaban J connectivity index is 1.99. The van der Waals surface area contributed by atoms with Crippen LogP contribution in [-0.2, 0) is 18.8 Å². The molecule has 0 fully saturated rings. The molecule has 0 bridgehead atoms. The van der Waals surface area contributed by atoms with Gasteiger partial charge in [-0.3, -0.25) is 4.68 Å². The Kier molecular flexibility index (Phi) is 5.68. The van der Waals surface area contributed by atoms with Gasteiger partial charge in [0.2, 0.25) is 0 Å². The van der Waals surface area contributed by atoms with Crippen LogP contribution in [0, 0.1) is 6.92 Å². The molecule has 0 aliphatic carbocycles. The first kappa shape index (κ1) is 15.1. The summed E-state index contributed by atoms with van der Waals surface area (Å²) >= 11 is 1.88. The lowest BCUT2D eigenvalue weighted by Crippen LogP contribution is -2.11. The number of hydrogen-bond donors (Lipinski definition) is 1. The maximum absolute atomic E-state index is 4.49. The molecule has 0 atom stereocenters. The molecule has 2 rings (SSSR count). The van der Waals surface area contributed by atoms with E-state index in [1.54, 1.807) is 0 Å². The van der Waals surface area contributed by atoms with Crippen molar-refractivity contribution in [2.45, 2.75) is 44.5 Å². The number of aryl methyl sites for hydroxylation is 2. The first-order valence-electron chi connectivity index (χ1n) is 7.18. The van der Waals surface area contributed by atoms with Crippen molar-refractivity contribution in [2.24, 2.45) is 0 Å². The van der Waals surface area contributed by atoms with Crippen molar-refractivity contribution in [3.63, 3.8) is 0 Å². The van der Waals surface area contributed by atoms with Crippen molar-refractivity contribution in [1.29, 1.82) is 0 Å². The summed E-state index contributed by atoms with van der Waals surface area (Å²) in [6, 6.07) is 10.9. The van der Waals surface area contributed by atoms with Crippen molar-refractivity contribution >= 4 is 11.8 Å². The highest BCUT2D eigenvalue weighted by Gasteiger charge is 2.05. The van der Waals surface area contributed by atoms with Crippen LogP contribution in [0.4, 0.5) is 0 Å². The zero-order valence-corrected chi connectivity index (χ0v) is 13.3. The Morgan fingerprint density at radius 3 is 2.85 bits per heavy atom. The Morgan fingerprint density at radius 2 is 2.10 bits per heavy atom. The summed E-state index contributed by atoms with van der Waals surface area (Å²) in [5.74, 6) is 0.972. The molecule has 1 aromatic heterocycles. The van der Waals surface area contributed by atoms with Crippen LogP contribution in [0.15, 0.2) is 35.2 Å². The van der Waals surface area contributed by atoms with Gasteiger partial charge in [-0.1, -0.05) is 19.1 Å². The van der Waals surface area contributed by atoms with E-state index in [1.165, 1.54) is 16.2 Å². The van der Waals surface area contributed by atoms with Crippen molar-refractivity contribution in [2.75, 3.05) is 6.54 Å². The van der Waals surface area contributed by atoms with Gasteiger partial charge in [-0.25, -0.2) is 0 Å². The van der Waals surface area contributed by atoms with Gasteiger partial charge in [-0.15, -0.1) is 11.8 Å². The number of aromatic nitrogens is 2. The van der Waals surface area contributed by atoms with E-state index in [4.69, 9.17) is 0 Å². The molecule has 0 amide bonds. The second kappa shape index (κ2) is 7.50. The minimum atomic E-state index is 0.935. The first-order valence-corrected chi connectivity index (χ1v) is 8.17. The van der Waals surface area contributed by atoms with Crippen LogP contribution in [0.5, 0.6) is 0 Å². The van der Waals surface area contributed by atoms with E-state index < -0.39 is 0 Å². The fourth-order valence-corrected chi connectivity index (χ4v) is 3.12. The van der Waals surface area contributed by atoms with E-state index in [-0.39, 0.29) is 0 Å². The van der Waals surface area contributed by atoms with Gasteiger partial charge >= 0.3 is 0 Å². The Morgan fingerprint density at radius 1 is 1.25 bits per heavy atom. The zero-order chi connectivity index (χ0) is 14.4. The lowest BCUT2D eigenvalue weighted by molar-refractivity contribution is 0.632. The molecule has 0 radical (unpaired) electrons. The van der Waals surface area contributed by atoms with Crippen LogP contribution in [0.25, 0.3) is 0 Å². The smallest absolute Gasteiger partial charge is 0.0596 e. The van der Waals surface area contributed by atoms with Crippen LogP contribution >= 0.6 is 11.8 Å². The SMILES string of the molecule is CCNCc1cccc(SCc2cc(C)nn2CC)c1. The van der Waals surface area contributed by atoms with Crippen LogP contribution in [0.3, 0.4) is 0 Å². The molecule has 0 aliphatic heterocycles. The molecule has 1 N–H and O–H groups in total. The lowest BCUT2D eigenvalue weighted by Gasteiger charge is -2.07. The summed E-state index contributed by atoms with van der Waals surface area (Å²) in [5, 5.41) is 7.86. The Hall–Kier alpha value is -1.26. The Labute approximate surface area is 125 Å². The monoisotopic (exact) mass is 289 g/mol. The molecule has 108 valence electrons. The molecule has 0 saturated heterocycles. The summed E-state index contributed by atoms with van der Waals surface area (Å²) in [6.07, 6.45) is 0. The average molecular weight is 289 g/mol. The highest BCUT2D eigenvalue weighted by molar-refractivity contribution is 7.98. The van der Waals surface area contributed by atoms with Crippen molar-refractivity contribution in [3.05, 3.63) is 47.3 Å². The van der Waals surface area contributed by atoms with Gasteiger partial charge in [-0.2, -0.15) is 5.10 Å². The van der Waals surface area contributed by atoms with Gasteiger partial charge in [0.25, 0.3) is 0 Å². The van der Waals surface area contributed by atoms with E-state index in [0.717, 1.165) is 31.1 Å². The number of rotatable bonds is 7. The standard InChI is InChI=1S/C16H23N3S/c1-4-17-11-14-7-6-8-16(10-14)20-12-15-9-13(3)18-19(15)5-2/h6-10,17H,4-5,11-12H2,1-3H3. The molecule has 3 nitrogen and oxygen atoms in total. The van der Waals surface area contributed by atoms with Gasteiger partial charge in [0.05, 0.1) is 5.69 Å². The highest BCUT2D eigenvalue weighted by atomic mass is 32.2. The third-order valence-electron chi connectivity index (χ3n) is 3.15. The quantitative estimate of drug-likeness (QED) is 0.790. The summed E-state index contributed by atoms with van der Waals surface area (Å²) in [5.41, 5.74) is 3.74. The van der Waals surface area contributed by atoms with Gasteiger partial charge in [0.15, 0.2) is 0 Å². The molecular weight excluding hydrogens is 266 g/mol. The van der Waals surface area contributed by atoms with Crippen LogP contribution in [0.2, 0.25) is 0 Å². The topological polar surface area (TPSA) is 29.9 Å². The minimum absolute atomic E-state index is 0.935. The van der Waals surface area contributed by atoms with E-state index >= 15 is 0 Å². The Bertz CT molecular complexity index is 548. The van der Waals surface area contributed by atoms with Crippen LogP contribution in [-0.4, -0.2) is 16.3 Å². The predicted molar refractivity (Wildman–Crippen MR) is 86.0 cm³/mol. The molecule has 0 unspecified atom stereocenters. The first-order chi connectivity index (χ1) is 9.72. The summed E-state index contributed by atoms with van der Waals surface area (Å²) in [6.45, 7) is 9.20. The van der Waals surface area contributed by atoms with E-state index in [1.807, 2.05) is 11.8 Å². The molecule has 2 aromatic rings. The number of thioether (sulfide) groups is 1. The van der Waals surface area contributed by atoms with E-state index in [0.29, 0.717) is 0 Å². The third kappa shape index (κ3) is 4.12. The maximum Gasteiger partial charge on any atom is 0.0596 e. The summed E-state index contributed by atoms with van der Waals surface area (Å²) < 4.78 is 2.09. The molecule has 1 aromatic carbocycles.